The highest BCUT2D eigenvalue weighted by molar-refractivity contribution is 7.26. The average Bonchev–Trinajstić information content (AvgIpc) is 3.68. The summed E-state index contributed by atoms with van der Waals surface area (Å²) < 4.78 is 2.42. The molecule has 0 radical (unpaired) electrons. The molecule has 9 aromatic carbocycles. The van der Waals surface area contributed by atoms with Gasteiger partial charge in [0.25, 0.3) is 0 Å². The van der Waals surface area contributed by atoms with Gasteiger partial charge in [-0.2, -0.15) is 0 Å². The zero-order chi connectivity index (χ0) is 37.7. The summed E-state index contributed by atoms with van der Waals surface area (Å²) in [4.78, 5) is 15.5. The van der Waals surface area contributed by atoms with Crippen LogP contribution in [0, 0.1) is 0 Å². The zero-order valence-electron chi connectivity index (χ0n) is 30.8. The van der Waals surface area contributed by atoms with Gasteiger partial charge < -0.3 is 0 Å². The molecular formula is C53H33N3S. The van der Waals surface area contributed by atoms with E-state index in [1.807, 2.05) is 6.07 Å². The van der Waals surface area contributed by atoms with Crippen LogP contribution >= 0.6 is 11.3 Å². The fraction of sp³-hybridized carbons (Fsp3) is 0. The lowest BCUT2D eigenvalue weighted by Gasteiger charge is -2.18. The Labute approximate surface area is 334 Å². The van der Waals surface area contributed by atoms with Gasteiger partial charge in [0.05, 0.1) is 0 Å². The molecule has 2 heterocycles. The maximum atomic E-state index is 5.22. The third kappa shape index (κ3) is 5.78. The van der Waals surface area contributed by atoms with Crippen LogP contribution in [0.3, 0.4) is 0 Å². The normalized spacial score (nSPS) is 11.5. The molecule has 266 valence electrons. The van der Waals surface area contributed by atoms with Crippen LogP contribution in [0.1, 0.15) is 0 Å². The number of thiophene rings is 1. The van der Waals surface area contributed by atoms with Gasteiger partial charge in [-0.25, -0.2) is 15.0 Å². The minimum atomic E-state index is 0.640. The van der Waals surface area contributed by atoms with Crippen molar-refractivity contribution >= 4 is 53.1 Å². The molecule has 57 heavy (non-hydrogen) atoms. The van der Waals surface area contributed by atoms with Crippen molar-refractivity contribution < 1.29 is 0 Å². The average molecular weight is 744 g/mol. The van der Waals surface area contributed by atoms with E-state index >= 15 is 0 Å². The predicted octanol–water partition coefficient (Wildman–Crippen LogP) is 14.5. The standard InChI is InChI=1S/C53H33N3S/c1-3-14-34(15-4-1)35-26-30-38(31-27-35)51-54-52(56-53(55-51)46-24-13-23-45-40-18-11-12-25-47(40)57-50(45)46)39-32-28-37(29-33-39)49-43-21-9-7-19-41(43)48(36-16-5-2-6-17-36)42-20-8-10-22-44(42)49/h1-33H. The van der Waals surface area contributed by atoms with Gasteiger partial charge in [0.15, 0.2) is 17.5 Å². The second-order valence-corrected chi connectivity index (χ2v) is 15.4. The molecule has 2 aromatic heterocycles. The number of rotatable bonds is 6. The molecule has 3 nitrogen and oxygen atoms in total. The van der Waals surface area contributed by atoms with Gasteiger partial charge in [-0.15, -0.1) is 11.3 Å². The zero-order valence-corrected chi connectivity index (χ0v) is 31.6. The maximum absolute atomic E-state index is 5.22. The van der Waals surface area contributed by atoms with Gasteiger partial charge >= 0.3 is 0 Å². The van der Waals surface area contributed by atoms with Crippen LogP contribution < -0.4 is 0 Å². The Morgan fingerprint density at radius 2 is 0.649 bits per heavy atom. The van der Waals surface area contributed by atoms with E-state index in [9.17, 15) is 0 Å². The molecule has 0 aliphatic rings. The lowest BCUT2D eigenvalue weighted by molar-refractivity contribution is 1.08. The Kier molecular flexibility index (Phi) is 8.01. The van der Waals surface area contributed by atoms with E-state index in [1.165, 1.54) is 64.0 Å². The van der Waals surface area contributed by atoms with Crippen LogP contribution in [-0.2, 0) is 0 Å². The lowest BCUT2D eigenvalue weighted by Crippen LogP contribution is -2.00. The first-order valence-electron chi connectivity index (χ1n) is 19.2. The van der Waals surface area contributed by atoms with Gasteiger partial charge in [0.2, 0.25) is 0 Å². The Morgan fingerprint density at radius 1 is 0.263 bits per heavy atom. The van der Waals surface area contributed by atoms with E-state index in [0.29, 0.717) is 17.5 Å². The van der Waals surface area contributed by atoms with Crippen LogP contribution in [0.25, 0.3) is 109 Å². The van der Waals surface area contributed by atoms with Gasteiger partial charge in [-0.05, 0) is 67.1 Å². The minimum Gasteiger partial charge on any atom is -0.208 e. The Bertz CT molecular complexity index is 3200. The number of benzene rings is 9. The fourth-order valence-corrected chi connectivity index (χ4v) is 9.47. The first kappa shape index (κ1) is 33.1. The molecule has 0 spiro atoms. The molecule has 0 saturated heterocycles. The number of aromatic nitrogens is 3. The highest BCUT2D eigenvalue weighted by atomic mass is 32.1. The first-order valence-corrected chi connectivity index (χ1v) is 20.0. The van der Waals surface area contributed by atoms with Crippen molar-refractivity contribution in [3.05, 3.63) is 200 Å². The largest absolute Gasteiger partial charge is 0.208 e. The Hall–Kier alpha value is -7.27. The Balaban J connectivity index is 1.07. The van der Waals surface area contributed by atoms with Crippen molar-refractivity contribution in [2.75, 3.05) is 0 Å². The molecule has 0 amide bonds. The van der Waals surface area contributed by atoms with E-state index in [0.717, 1.165) is 27.8 Å². The van der Waals surface area contributed by atoms with Crippen molar-refractivity contribution in [1.29, 1.82) is 0 Å². The molecule has 4 heteroatoms. The summed E-state index contributed by atoms with van der Waals surface area (Å²) >= 11 is 1.79. The van der Waals surface area contributed by atoms with Crippen molar-refractivity contribution in [2.45, 2.75) is 0 Å². The summed E-state index contributed by atoms with van der Waals surface area (Å²) in [5.74, 6) is 1.95. The molecular weight excluding hydrogens is 711 g/mol. The van der Waals surface area contributed by atoms with E-state index in [1.54, 1.807) is 11.3 Å². The first-order chi connectivity index (χ1) is 28.3. The van der Waals surface area contributed by atoms with Crippen molar-refractivity contribution in [2.24, 2.45) is 0 Å². The van der Waals surface area contributed by atoms with E-state index in [-0.39, 0.29) is 0 Å². The SMILES string of the molecule is c1ccc(-c2ccc(-c3nc(-c4ccc(-c5c6ccccc6c(-c6ccccc6)c6ccccc56)cc4)nc(-c4cccc5c4sc4ccccc45)n3)cc2)cc1. The Morgan fingerprint density at radius 3 is 1.21 bits per heavy atom. The van der Waals surface area contributed by atoms with E-state index in [2.05, 4.69) is 194 Å². The van der Waals surface area contributed by atoms with Gasteiger partial charge in [-0.1, -0.05) is 188 Å². The van der Waals surface area contributed by atoms with Crippen LogP contribution in [0.15, 0.2) is 200 Å². The van der Waals surface area contributed by atoms with Crippen LogP contribution in [0.5, 0.6) is 0 Å². The summed E-state index contributed by atoms with van der Waals surface area (Å²) in [6.07, 6.45) is 0. The molecule has 0 bridgehead atoms. The molecule has 0 N–H and O–H groups in total. The summed E-state index contributed by atoms with van der Waals surface area (Å²) in [5.41, 5.74) is 10.0. The van der Waals surface area contributed by atoms with Gasteiger partial charge in [0.1, 0.15) is 0 Å². The number of hydrogen-bond donors (Lipinski definition) is 0. The molecule has 0 aliphatic heterocycles. The number of fused-ring (bicyclic) bond motifs is 5. The van der Waals surface area contributed by atoms with Crippen molar-refractivity contribution in [3.8, 4) is 67.5 Å². The van der Waals surface area contributed by atoms with Crippen molar-refractivity contribution in [3.63, 3.8) is 0 Å². The molecule has 0 unspecified atom stereocenters. The van der Waals surface area contributed by atoms with Gasteiger partial charge in [-0.3, -0.25) is 0 Å². The predicted molar refractivity (Wildman–Crippen MR) is 240 cm³/mol. The summed E-state index contributed by atoms with van der Waals surface area (Å²) in [5, 5.41) is 7.39. The molecule has 0 saturated carbocycles. The second-order valence-electron chi connectivity index (χ2n) is 14.3. The monoisotopic (exact) mass is 743 g/mol. The number of hydrogen-bond acceptors (Lipinski definition) is 4. The molecule has 0 aliphatic carbocycles. The summed E-state index contributed by atoms with van der Waals surface area (Å²) in [6.45, 7) is 0. The maximum Gasteiger partial charge on any atom is 0.165 e. The molecule has 0 fully saturated rings. The lowest BCUT2D eigenvalue weighted by atomic mass is 9.86. The minimum absolute atomic E-state index is 0.640. The smallest absolute Gasteiger partial charge is 0.165 e. The summed E-state index contributed by atoms with van der Waals surface area (Å²) in [7, 11) is 0. The second kappa shape index (κ2) is 13.8. The van der Waals surface area contributed by atoms with Crippen LogP contribution in [0.2, 0.25) is 0 Å². The van der Waals surface area contributed by atoms with Crippen LogP contribution in [0.4, 0.5) is 0 Å². The van der Waals surface area contributed by atoms with Crippen molar-refractivity contribution in [1.82, 2.24) is 15.0 Å². The fourth-order valence-electron chi connectivity index (χ4n) is 8.26. The van der Waals surface area contributed by atoms with E-state index in [4.69, 9.17) is 15.0 Å². The third-order valence-electron chi connectivity index (χ3n) is 11.0. The highest BCUT2D eigenvalue weighted by Gasteiger charge is 2.19. The van der Waals surface area contributed by atoms with E-state index < -0.39 is 0 Å². The quantitative estimate of drug-likeness (QED) is 0.159. The molecule has 11 aromatic rings. The third-order valence-corrected chi connectivity index (χ3v) is 12.2. The molecule has 11 rings (SSSR count). The summed E-state index contributed by atoms with van der Waals surface area (Å²) in [6, 6.07) is 71.0. The topological polar surface area (TPSA) is 38.7 Å². The van der Waals surface area contributed by atoms with Gasteiger partial charge in [0, 0.05) is 36.9 Å². The number of nitrogens with zero attached hydrogens (tertiary/aromatic N) is 3. The van der Waals surface area contributed by atoms with Crippen LogP contribution in [-0.4, -0.2) is 15.0 Å². The highest BCUT2D eigenvalue weighted by Crippen LogP contribution is 2.44. The molecule has 0 atom stereocenters.